The smallest absolute Gasteiger partial charge is 0.196 e. The number of fused-ring (bicyclic) bond motifs is 3. The molecule has 180 valence electrons. The molecular weight excluding hydrogens is 480 g/mol. The van der Waals surface area contributed by atoms with Crippen molar-refractivity contribution in [3.8, 4) is 0 Å². The summed E-state index contributed by atoms with van der Waals surface area (Å²) < 4.78 is 0. The average Bonchev–Trinajstić information content (AvgIpc) is 3.16. The molecule has 4 aromatic rings. The molecule has 35 heavy (non-hydrogen) atoms. The first-order valence-corrected chi connectivity index (χ1v) is 13.5. The van der Waals surface area contributed by atoms with Crippen molar-refractivity contribution in [1.29, 1.82) is 0 Å². The number of anilines is 2. The van der Waals surface area contributed by atoms with Gasteiger partial charge in [0.05, 0.1) is 27.6 Å². The summed E-state index contributed by atoms with van der Waals surface area (Å²) in [5, 5.41) is 2.34. The molecule has 1 unspecified atom stereocenters. The van der Waals surface area contributed by atoms with E-state index in [1.165, 1.54) is 11.8 Å². The summed E-state index contributed by atoms with van der Waals surface area (Å²) in [5.41, 5.74) is 9.75. The number of nitrogens with two attached hydrogens (primary N) is 1. The van der Waals surface area contributed by atoms with Crippen LogP contribution in [0.25, 0.3) is 22.1 Å². The van der Waals surface area contributed by atoms with Crippen LogP contribution in [0.2, 0.25) is 5.02 Å². The Morgan fingerprint density at radius 3 is 2.63 bits per heavy atom. The third-order valence-corrected chi connectivity index (χ3v) is 8.91. The summed E-state index contributed by atoms with van der Waals surface area (Å²) in [6.07, 6.45) is 2.69. The largest absolute Gasteiger partial charge is 0.355 e. The van der Waals surface area contributed by atoms with Crippen LogP contribution in [0.4, 0.5) is 11.6 Å². The number of aromatic amines is 1. The highest BCUT2D eigenvalue weighted by Gasteiger charge is 2.54. The van der Waals surface area contributed by atoms with E-state index in [9.17, 15) is 0 Å². The van der Waals surface area contributed by atoms with Crippen molar-refractivity contribution in [2.45, 2.75) is 36.4 Å². The Hall–Kier alpha value is -2.62. The standard InChI is InChI=1S/C25H27ClN8S/c1-3-16-21(26)20-23(30-16)31-25(32-24(20)34-10-14-15(11-34)22(14)27)35-13-4-5-17-18(6-13)28-7-19(29-17)33-8-12(2)9-33/h4-7,12,14-15,22H,3,8-11,27H2,1-2H3,(H,30,31,32)/t14-,15+,22?. The molecule has 1 saturated carbocycles. The molecule has 3 fully saturated rings. The fraction of sp³-hybridized carbons (Fsp3) is 0.440. The molecule has 0 bridgehead atoms. The number of nitrogens with zero attached hydrogens (tertiary/aromatic N) is 6. The lowest BCUT2D eigenvalue weighted by molar-refractivity contribution is 0.443. The third-order valence-electron chi connectivity index (χ3n) is 7.63. The molecule has 10 heteroatoms. The molecule has 0 radical (unpaired) electrons. The van der Waals surface area contributed by atoms with Crippen LogP contribution in [-0.4, -0.2) is 57.1 Å². The number of rotatable bonds is 5. The highest BCUT2D eigenvalue weighted by molar-refractivity contribution is 7.99. The Morgan fingerprint density at radius 1 is 1.09 bits per heavy atom. The van der Waals surface area contributed by atoms with Gasteiger partial charge in [0.25, 0.3) is 0 Å². The minimum Gasteiger partial charge on any atom is -0.355 e. The molecule has 8 nitrogen and oxygen atoms in total. The molecule has 1 aliphatic carbocycles. The predicted octanol–water partition coefficient (Wildman–Crippen LogP) is 4.12. The lowest BCUT2D eigenvalue weighted by atomic mass is 10.0. The van der Waals surface area contributed by atoms with E-state index in [2.05, 4.69) is 45.7 Å². The Balaban J connectivity index is 1.22. The molecule has 2 saturated heterocycles. The number of H-pyrrole nitrogens is 1. The van der Waals surface area contributed by atoms with Crippen molar-refractivity contribution in [2.24, 2.45) is 23.5 Å². The second kappa shape index (κ2) is 7.94. The fourth-order valence-corrected chi connectivity index (χ4v) is 6.66. The molecule has 0 amide bonds. The number of aryl methyl sites for hydroxylation is 1. The Bertz CT molecular complexity index is 1450. The minimum atomic E-state index is 0.328. The SMILES string of the molecule is CCc1[nH]c2nc(Sc3ccc4nc(N5CC(C)C5)cnc4c3)nc(N3C[C@@H]4C(N)[C@@H]4C3)c2c1Cl. The van der Waals surface area contributed by atoms with Gasteiger partial charge in [0.15, 0.2) is 5.16 Å². The molecule has 7 rings (SSSR count). The summed E-state index contributed by atoms with van der Waals surface area (Å²) in [7, 11) is 0. The molecule has 3 aliphatic rings. The molecule has 3 N–H and O–H groups in total. The zero-order valence-electron chi connectivity index (χ0n) is 19.7. The van der Waals surface area contributed by atoms with Crippen LogP contribution in [0.15, 0.2) is 34.4 Å². The zero-order valence-corrected chi connectivity index (χ0v) is 21.3. The highest BCUT2D eigenvalue weighted by Crippen LogP contribution is 2.47. The average molecular weight is 507 g/mol. The van der Waals surface area contributed by atoms with Gasteiger partial charge in [-0.25, -0.2) is 15.0 Å². The first-order valence-electron chi connectivity index (χ1n) is 12.3. The molecule has 2 aliphatic heterocycles. The van der Waals surface area contributed by atoms with Crippen LogP contribution < -0.4 is 15.5 Å². The van der Waals surface area contributed by atoms with Gasteiger partial charge in [-0.1, -0.05) is 25.4 Å². The number of benzene rings is 1. The van der Waals surface area contributed by atoms with Crippen LogP contribution in [0, 0.1) is 17.8 Å². The molecule has 1 aromatic carbocycles. The zero-order chi connectivity index (χ0) is 23.8. The van der Waals surface area contributed by atoms with Crippen molar-refractivity contribution < 1.29 is 0 Å². The molecular formula is C25H27ClN8S. The summed E-state index contributed by atoms with van der Waals surface area (Å²) >= 11 is 8.30. The maximum Gasteiger partial charge on any atom is 0.196 e. The minimum absolute atomic E-state index is 0.328. The van der Waals surface area contributed by atoms with Gasteiger partial charge in [-0.3, -0.25) is 4.98 Å². The monoisotopic (exact) mass is 506 g/mol. The van der Waals surface area contributed by atoms with Crippen molar-refractivity contribution >= 4 is 57.1 Å². The summed E-state index contributed by atoms with van der Waals surface area (Å²) in [4.78, 5) is 28.4. The van der Waals surface area contributed by atoms with Crippen LogP contribution in [0.5, 0.6) is 0 Å². The number of piperidine rings is 1. The predicted molar refractivity (Wildman–Crippen MR) is 140 cm³/mol. The second-order valence-electron chi connectivity index (χ2n) is 10.1. The van der Waals surface area contributed by atoms with E-state index >= 15 is 0 Å². The number of halogens is 1. The summed E-state index contributed by atoms with van der Waals surface area (Å²) in [6.45, 7) is 8.29. The molecule has 3 atom stereocenters. The quantitative estimate of drug-likeness (QED) is 0.390. The van der Waals surface area contributed by atoms with Gasteiger partial charge in [-0.05, 0) is 54.1 Å². The first kappa shape index (κ1) is 21.6. The Labute approximate surface area is 212 Å². The lowest BCUT2D eigenvalue weighted by Crippen LogP contribution is -2.45. The van der Waals surface area contributed by atoms with Crippen LogP contribution in [0.3, 0.4) is 0 Å². The van der Waals surface area contributed by atoms with Gasteiger partial charge in [0.1, 0.15) is 17.3 Å². The summed E-state index contributed by atoms with van der Waals surface area (Å²) in [6, 6.07) is 6.49. The second-order valence-corrected chi connectivity index (χ2v) is 11.5. The highest BCUT2D eigenvalue weighted by atomic mass is 35.5. The lowest BCUT2D eigenvalue weighted by Gasteiger charge is -2.37. The number of hydrogen-bond donors (Lipinski definition) is 2. The van der Waals surface area contributed by atoms with Crippen LogP contribution in [0.1, 0.15) is 19.5 Å². The van der Waals surface area contributed by atoms with Gasteiger partial charge in [-0.2, -0.15) is 0 Å². The van der Waals surface area contributed by atoms with Crippen molar-refractivity contribution in [3.05, 3.63) is 35.1 Å². The van der Waals surface area contributed by atoms with Gasteiger partial charge in [0.2, 0.25) is 0 Å². The van der Waals surface area contributed by atoms with Gasteiger partial charge < -0.3 is 20.5 Å². The maximum atomic E-state index is 6.76. The van der Waals surface area contributed by atoms with Crippen molar-refractivity contribution in [1.82, 2.24) is 24.9 Å². The normalized spacial score (nSPS) is 23.8. The number of nitrogens with one attached hydrogen (secondary N) is 1. The van der Waals surface area contributed by atoms with Crippen LogP contribution in [-0.2, 0) is 6.42 Å². The van der Waals surface area contributed by atoms with E-state index in [0.717, 1.165) is 87.8 Å². The first-order chi connectivity index (χ1) is 17.0. The number of aromatic nitrogens is 5. The van der Waals surface area contributed by atoms with E-state index in [1.807, 2.05) is 12.3 Å². The van der Waals surface area contributed by atoms with E-state index in [0.29, 0.717) is 23.0 Å². The van der Waals surface area contributed by atoms with Gasteiger partial charge >= 0.3 is 0 Å². The maximum absolute atomic E-state index is 6.76. The molecule has 5 heterocycles. The van der Waals surface area contributed by atoms with Gasteiger partial charge in [0, 0.05) is 42.8 Å². The third kappa shape index (κ3) is 3.55. The molecule has 3 aromatic heterocycles. The Morgan fingerprint density at radius 2 is 1.89 bits per heavy atom. The van der Waals surface area contributed by atoms with E-state index < -0.39 is 0 Å². The summed E-state index contributed by atoms with van der Waals surface area (Å²) in [5.74, 6) is 3.70. The number of hydrogen-bond acceptors (Lipinski definition) is 8. The fourth-order valence-electron chi connectivity index (χ4n) is 5.52. The van der Waals surface area contributed by atoms with Crippen molar-refractivity contribution in [2.75, 3.05) is 36.0 Å². The van der Waals surface area contributed by atoms with Gasteiger partial charge in [-0.15, -0.1) is 0 Å². The van der Waals surface area contributed by atoms with E-state index in [1.54, 1.807) is 0 Å². The van der Waals surface area contributed by atoms with E-state index in [4.69, 9.17) is 32.3 Å². The topological polar surface area (TPSA) is 99.8 Å². The Kier molecular flexibility index (Phi) is 4.91. The van der Waals surface area contributed by atoms with Crippen molar-refractivity contribution in [3.63, 3.8) is 0 Å². The van der Waals surface area contributed by atoms with E-state index in [-0.39, 0.29) is 0 Å². The van der Waals surface area contributed by atoms with Crippen LogP contribution >= 0.6 is 23.4 Å². The molecule has 0 spiro atoms.